The largest absolute Gasteiger partial charge is 0.378 e. The summed E-state index contributed by atoms with van der Waals surface area (Å²) in [5.74, 6) is -0.467. The number of hydrogen-bond acceptors (Lipinski definition) is 5. The van der Waals surface area contributed by atoms with E-state index >= 15 is 0 Å². The van der Waals surface area contributed by atoms with Gasteiger partial charge >= 0.3 is 0 Å². The Bertz CT molecular complexity index is 607. The van der Waals surface area contributed by atoms with Gasteiger partial charge in [-0.25, -0.2) is 0 Å². The number of ether oxygens (including phenoxy) is 1. The van der Waals surface area contributed by atoms with E-state index in [1.54, 1.807) is 18.7 Å². The summed E-state index contributed by atoms with van der Waals surface area (Å²) >= 11 is 0. The number of aryl methyl sites for hydroxylation is 2. The fraction of sp³-hybridized carbons (Fsp3) is 0.600. The van der Waals surface area contributed by atoms with Crippen molar-refractivity contribution in [2.45, 2.75) is 26.7 Å². The van der Waals surface area contributed by atoms with Crippen LogP contribution in [-0.2, 0) is 21.4 Å². The molecule has 0 bridgehead atoms. The Morgan fingerprint density at radius 1 is 1.22 bits per heavy atom. The van der Waals surface area contributed by atoms with Gasteiger partial charge in [0.15, 0.2) is 0 Å². The molecule has 1 aliphatic heterocycles. The van der Waals surface area contributed by atoms with Crippen LogP contribution in [0.5, 0.6) is 0 Å². The molecule has 1 aliphatic rings. The molecule has 8 nitrogen and oxygen atoms in total. The van der Waals surface area contributed by atoms with Gasteiger partial charge in [-0.15, -0.1) is 0 Å². The lowest BCUT2D eigenvalue weighted by molar-refractivity contribution is -0.139. The number of imide groups is 1. The van der Waals surface area contributed by atoms with Crippen LogP contribution in [0, 0.1) is 13.8 Å². The van der Waals surface area contributed by atoms with Crippen LogP contribution in [0.1, 0.15) is 34.6 Å². The number of carbonyl (C=O) groups is 3. The third-order valence-electron chi connectivity index (χ3n) is 3.88. The van der Waals surface area contributed by atoms with E-state index in [9.17, 15) is 14.4 Å². The smallest absolute Gasteiger partial charge is 0.255 e. The van der Waals surface area contributed by atoms with Crippen LogP contribution in [0.2, 0.25) is 0 Å². The SMILES string of the molecule is Cc1nn(C)c(C)c1C(=O)NCCOCCN1C(=O)CCC1=O. The van der Waals surface area contributed by atoms with Crippen molar-refractivity contribution in [1.82, 2.24) is 20.0 Å². The van der Waals surface area contributed by atoms with E-state index in [1.807, 2.05) is 6.92 Å². The Balaban J connectivity index is 1.66. The highest BCUT2D eigenvalue weighted by Crippen LogP contribution is 2.11. The maximum Gasteiger partial charge on any atom is 0.255 e. The molecule has 1 N–H and O–H groups in total. The number of likely N-dealkylation sites (tertiary alicyclic amines) is 1. The first-order valence-electron chi connectivity index (χ1n) is 7.61. The molecule has 2 heterocycles. The molecule has 0 aromatic carbocycles. The van der Waals surface area contributed by atoms with Crippen molar-refractivity contribution in [3.05, 3.63) is 17.0 Å². The molecule has 2 rings (SSSR count). The first-order valence-corrected chi connectivity index (χ1v) is 7.61. The maximum atomic E-state index is 12.1. The lowest BCUT2D eigenvalue weighted by atomic mass is 10.2. The predicted molar refractivity (Wildman–Crippen MR) is 81.8 cm³/mol. The van der Waals surface area contributed by atoms with Crippen LogP contribution in [0.3, 0.4) is 0 Å². The highest BCUT2D eigenvalue weighted by molar-refractivity contribution is 6.01. The minimum atomic E-state index is -0.179. The Kier molecular flexibility index (Phi) is 5.49. The van der Waals surface area contributed by atoms with Gasteiger partial charge in [-0.2, -0.15) is 5.10 Å². The lowest BCUT2D eigenvalue weighted by Gasteiger charge is -2.13. The molecule has 0 aliphatic carbocycles. The number of amides is 3. The molecular weight excluding hydrogens is 300 g/mol. The van der Waals surface area contributed by atoms with Crippen molar-refractivity contribution in [1.29, 1.82) is 0 Å². The summed E-state index contributed by atoms with van der Waals surface area (Å²) in [7, 11) is 1.79. The molecule has 23 heavy (non-hydrogen) atoms. The molecule has 1 aromatic rings. The first-order chi connectivity index (χ1) is 10.9. The van der Waals surface area contributed by atoms with Crippen molar-refractivity contribution in [2.24, 2.45) is 7.05 Å². The van der Waals surface area contributed by atoms with Crippen LogP contribution in [0.15, 0.2) is 0 Å². The van der Waals surface area contributed by atoms with Crippen molar-refractivity contribution in [3.8, 4) is 0 Å². The second-order valence-electron chi connectivity index (χ2n) is 5.48. The zero-order valence-electron chi connectivity index (χ0n) is 13.7. The van der Waals surface area contributed by atoms with Crippen molar-refractivity contribution < 1.29 is 19.1 Å². The summed E-state index contributed by atoms with van der Waals surface area (Å²) in [5.41, 5.74) is 2.09. The molecule has 0 radical (unpaired) electrons. The predicted octanol–water partition coefficient (Wildman–Crippen LogP) is -0.0677. The molecule has 0 unspecified atom stereocenters. The van der Waals surface area contributed by atoms with Crippen molar-refractivity contribution in [2.75, 3.05) is 26.3 Å². The van der Waals surface area contributed by atoms with Crippen LogP contribution in [0.4, 0.5) is 0 Å². The highest BCUT2D eigenvalue weighted by Gasteiger charge is 2.28. The monoisotopic (exact) mass is 322 g/mol. The van der Waals surface area contributed by atoms with Gasteiger partial charge in [0.25, 0.3) is 5.91 Å². The summed E-state index contributed by atoms with van der Waals surface area (Å²) < 4.78 is 7.03. The zero-order chi connectivity index (χ0) is 17.0. The van der Waals surface area contributed by atoms with Gasteiger partial charge in [0.1, 0.15) is 0 Å². The number of rotatable bonds is 7. The van der Waals surface area contributed by atoms with Gasteiger partial charge < -0.3 is 10.1 Å². The van der Waals surface area contributed by atoms with Crippen molar-refractivity contribution >= 4 is 17.7 Å². The fourth-order valence-electron chi connectivity index (χ4n) is 2.56. The summed E-state index contributed by atoms with van der Waals surface area (Å²) in [5, 5.41) is 6.98. The van der Waals surface area contributed by atoms with E-state index < -0.39 is 0 Å². The minimum Gasteiger partial charge on any atom is -0.378 e. The van der Waals surface area contributed by atoms with E-state index in [4.69, 9.17) is 4.74 Å². The molecule has 0 saturated carbocycles. The first kappa shape index (κ1) is 17.1. The lowest BCUT2D eigenvalue weighted by Crippen LogP contribution is -2.33. The average molecular weight is 322 g/mol. The van der Waals surface area contributed by atoms with Gasteiger partial charge in [0, 0.05) is 32.1 Å². The summed E-state index contributed by atoms with van der Waals surface area (Å²) in [4.78, 5) is 36.1. The molecule has 0 atom stereocenters. The molecule has 1 saturated heterocycles. The Hall–Kier alpha value is -2.22. The number of aromatic nitrogens is 2. The molecule has 1 fully saturated rings. The second-order valence-corrected chi connectivity index (χ2v) is 5.48. The number of hydrogen-bond donors (Lipinski definition) is 1. The van der Waals surface area contributed by atoms with Crippen LogP contribution >= 0.6 is 0 Å². The van der Waals surface area contributed by atoms with Crippen LogP contribution in [0.25, 0.3) is 0 Å². The van der Waals surface area contributed by atoms with E-state index in [0.717, 1.165) is 5.69 Å². The molecule has 8 heteroatoms. The van der Waals surface area contributed by atoms with E-state index in [2.05, 4.69) is 10.4 Å². The molecule has 3 amide bonds. The Morgan fingerprint density at radius 3 is 2.43 bits per heavy atom. The molecule has 126 valence electrons. The maximum absolute atomic E-state index is 12.1. The van der Waals surface area contributed by atoms with Crippen LogP contribution in [-0.4, -0.2) is 58.7 Å². The molecule has 1 aromatic heterocycles. The minimum absolute atomic E-state index is 0.144. The normalized spacial score (nSPS) is 14.7. The number of nitrogens with one attached hydrogen (secondary N) is 1. The van der Waals surface area contributed by atoms with Gasteiger partial charge in [-0.3, -0.25) is 24.0 Å². The fourth-order valence-corrected chi connectivity index (χ4v) is 2.56. The van der Waals surface area contributed by atoms with Gasteiger partial charge in [-0.1, -0.05) is 0 Å². The summed E-state index contributed by atoms with van der Waals surface area (Å²) in [6, 6.07) is 0. The molecular formula is C15H22N4O4. The number of nitrogens with zero attached hydrogens (tertiary/aromatic N) is 3. The van der Waals surface area contributed by atoms with Crippen molar-refractivity contribution in [3.63, 3.8) is 0 Å². The van der Waals surface area contributed by atoms with Crippen LogP contribution < -0.4 is 5.32 Å². The Labute approximate surface area is 134 Å². The van der Waals surface area contributed by atoms with E-state index in [1.165, 1.54) is 4.90 Å². The Morgan fingerprint density at radius 2 is 1.87 bits per heavy atom. The summed E-state index contributed by atoms with van der Waals surface area (Å²) in [6.45, 7) is 4.86. The topological polar surface area (TPSA) is 93.5 Å². The summed E-state index contributed by atoms with van der Waals surface area (Å²) in [6.07, 6.45) is 0.581. The standard InChI is InChI=1S/C15H22N4O4/c1-10-14(11(2)18(3)17-10)15(22)16-6-8-23-9-7-19-12(20)4-5-13(19)21/h4-9H2,1-3H3,(H,16,22). The molecule has 0 spiro atoms. The highest BCUT2D eigenvalue weighted by atomic mass is 16.5. The third kappa shape index (κ3) is 3.95. The number of carbonyl (C=O) groups excluding carboxylic acids is 3. The third-order valence-corrected chi connectivity index (χ3v) is 3.88. The van der Waals surface area contributed by atoms with E-state index in [0.29, 0.717) is 37.3 Å². The quantitative estimate of drug-likeness (QED) is 0.560. The van der Waals surface area contributed by atoms with Gasteiger partial charge in [-0.05, 0) is 13.8 Å². The van der Waals surface area contributed by atoms with E-state index in [-0.39, 0.29) is 30.9 Å². The second kappa shape index (κ2) is 7.36. The van der Waals surface area contributed by atoms with Gasteiger partial charge in [0.2, 0.25) is 11.8 Å². The zero-order valence-corrected chi connectivity index (χ0v) is 13.7. The average Bonchev–Trinajstić information content (AvgIpc) is 2.94. The van der Waals surface area contributed by atoms with Gasteiger partial charge in [0.05, 0.1) is 31.0 Å².